The van der Waals surface area contributed by atoms with E-state index in [1.54, 1.807) is 23.1 Å². The lowest BCUT2D eigenvalue weighted by atomic mass is 9.96. The average molecular weight is 302 g/mol. The highest BCUT2D eigenvalue weighted by Crippen LogP contribution is 2.23. The van der Waals surface area contributed by atoms with E-state index in [0.29, 0.717) is 6.61 Å². The van der Waals surface area contributed by atoms with E-state index in [9.17, 15) is 4.79 Å². The van der Waals surface area contributed by atoms with Crippen LogP contribution in [0.25, 0.3) is 0 Å². The van der Waals surface area contributed by atoms with E-state index in [0.717, 1.165) is 29.5 Å². The van der Waals surface area contributed by atoms with Gasteiger partial charge in [-0.25, -0.2) is 4.98 Å². The minimum Gasteiger partial charge on any atom is -0.465 e. The van der Waals surface area contributed by atoms with Crippen molar-refractivity contribution in [2.45, 2.75) is 43.5 Å². The Kier molecular flexibility index (Phi) is 7.41. The summed E-state index contributed by atoms with van der Waals surface area (Å²) in [5, 5.41) is 5.22. The number of nitrogens with one attached hydrogen (secondary N) is 1. The van der Waals surface area contributed by atoms with E-state index < -0.39 is 5.54 Å². The van der Waals surface area contributed by atoms with Gasteiger partial charge >= 0.3 is 5.97 Å². The molecule has 1 aromatic heterocycles. The third-order valence-corrected chi connectivity index (χ3v) is 4.80. The number of ether oxygens (including phenoxy) is 1. The van der Waals surface area contributed by atoms with Crippen LogP contribution < -0.4 is 5.32 Å². The summed E-state index contributed by atoms with van der Waals surface area (Å²) in [5.41, 5.74) is -0.575. The molecule has 1 heterocycles. The molecule has 1 aromatic rings. The highest BCUT2D eigenvalue weighted by atomic mass is 32.2. The van der Waals surface area contributed by atoms with Gasteiger partial charge in [-0.1, -0.05) is 18.7 Å². The van der Waals surface area contributed by atoms with E-state index in [1.807, 2.05) is 32.3 Å². The lowest BCUT2D eigenvalue weighted by molar-refractivity contribution is -0.150. The monoisotopic (exact) mass is 302 g/mol. The van der Waals surface area contributed by atoms with Crippen molar-refractivity contribution in [2.24, 2.45) is 0 Å². The fourth-order valence-electron chi connectivity index (χ4n) is 1.81. The highest BCUT2D eigenvalue weighted by Gasteiger charge is 2.32. The summed E-state index contributed by atoms with van der Waals surface area (Å²) in [5.74, 6) is 0.810. The van der Waals surface area contributed by atoms with Crippen molar-refractivity contribution in [2.75, 3.05) is 18.9 Å². The van der Waals surface area contributed by atoms with Crippen molar-refractivity contribution < 1.29 is 9.53 Å². The Morgan fingerprint density at radius 3 is 2.95 bits per heavy atom. The number of aromatic nitrogens is 1. The molecule has 0 aliphatic heterocycles. The molecule has 1 rings (SSSR count). The van der Waals surface area contributed by atoms with E-state index in [4.69, 9.17) is 4.74 Å². The molecule has 0 amide bonds. The van der Waals surface area contributed by atoms with Gasteiger partial charge in [0.15, 0.2) is 0 Å². The SMILES string of the molecule is CCNC(C)(CCCSc1nccs1)C(=O)OCC. The Morgan fingerprint density at radius 2 is 2.37 bits per heavy atom. The van der Waals surface area contributed by atoms with Gasteiger partial charge in [0.05, 0.1) is 6.61 Å². The van der Waals surface area contributed by atoms with E-state index in [1.165, 1.54) is 0 Å². The summed E-state index contributed by atoms with van der Waals surface area (Å²) in [7, 11) is 0. The first-order chi connectivity index (χ1) is 9.12. The molecule has 0 fully saturated rings. The predicted octanol–water partition coefficient (Wildman–Crippen LogP) is 2.95. The molecular weight excluding hydrogens is 280 g/mol. The standard InChI is InChI=1S/C13H22N2O2S2/c1-4-15-13(3,11(16)17-5-2)7-6-9-18-12-14-8-10-19-12/h8,10,15H,4-7,9H2,1-3H3. The number of hydrogen-bond acceptors (Lipinski definition) is 6. The van der Waals surface area contributed by atoms with Gasteiger partial charge in [-0.2, -0.15) is 0 Å². The molecule has 0 radical (unpaired) electrons. The van der Waals surface area contributed by atoms with E-state index >= 15 is 0 Å². The van der Waals surface area contributed by atoms with Gasteiger partial charge in [0.25, 0.3) is 0 Å². The summed E-state index contributed by atoms with van der Waals surface area (Å²) < 4.78 is 6.23. The van der Waals surface area contributed by atoms with Gasteiger partial charge in [0.2, 0.25) is 0 Å². The molecule has 108 valence electrons. The molecule has 0 aliphatic rings. The maximum Gasteiger partial charge on any atom is 0.326 e. The van der Waals surface area contributed by atoms with Crippen molar-refractivity contribution in [1.29, 1.82) is 0 Å². The molecule has 0 spiro atoms. The zero-order valence-corrected chi connectivity index (χ0v) is 13.4. The lowest BCUT2D eigenvalue weighted by Gasteiger charge is -2.28. The largest absolute Gasteiger partial charge is 0.465 e. The maximum atomic E-state index is 12.0. The van der Waals surface area contributed by atoms with Gasteiger partial charge in [-0.15, -0.1) is 11.3 Å². The summed E-state index contributed by atoms with van der Waals surface area (Å²) in [6, 6.07) is 0. The second kappa shape index (κ2) is 8.55. The molecule has 0 saturated carbocycles. The summed E-state index contributed by atoms with van der Waals surface area (Å²) in [6.45, 7) is 6.94. The van der Waals surface area contributed by atoms with Crippen LogP contribution in [0.5, 0.6) is 0 Å². The molecule has 6 heteroatoms. The smallest absolute Gasteiger partial charge is 0.326 e. The first kappa shape index (κ1) is 16.5. The molecule has 0 aromatic carbocycles. The fraction of sp³-hybridized carbons (Fsp3) is 0.692. The fourth-order valence-corrected chi connectivity index (χ4v) is 3.46. The van der Waals surface area contributed by atoms with E-state index in [2.05, 4.69) is 10.3 Å². The van der Waals surface area contributed by atoms with Crippen molar-refractivity contribution >= 4 is 29.1 Å². The van der Waals surface area contributed by atoms with Crippen molar-refractivity contribution in [1.82, 2.24) is 10.3 Å². The summed E-state index contributed by atoms with van der Waals surface area (Å²) in [6.07, 6.45) is 3.54. The first-order valence-corrected chi connectivity index (χ1v) is 8.43. The predicted molar refractivity (Wildman–Crippen MR) is 80.8 cm³/mol. The van der Waals surface area contributed by atoms with Gasteiger partial charge < -0.3 is 10.1 Å². The number of esters is 1. The first-order valence-electron chi connectivity index (χ1n) is 6.57. The highest BCUT2D eigenvalue weighted by molar-refractivity contribution is 8.00. The van der Waals surface area contributed by atoms with Gasteiger partial charge in [0.1, 0.15) is 9.88 Å². The third kappa shape index (κ3) is 5.50. The molecule has 0 saturated heterocycles. The Bertz CT molecular complexity index is 371. The van der Waals surface area contributed by atoms with E-state index in [-0.39, 0.29) is 5.97 Å². The number of thioether (sulfide) groups is 1. The van der Waals surface area contributed by atoms with Crippen LogP contribution in [0, 0.1) is 0 Å². The summed E-state index contributed by atoms with van der Waals surface area (Å²) in [4.78, 5) is 16.2. The number of hydrogen-bond donors (Lipinski definition) is 1. The number of likely N-dealkylation sites (N-methyl/N-ethyl adjacent to an activating group) is 1. The van der Waals surface area contributed by atoms with Crippen LogP contribution in [0.15, 0.2) is 15.9 Å². The molecular formula is C13H22N2O2S2. The molecule has 4 nitrogen and oxygen atoms in total. The van der Waals surface area contributed by atoms with Crippen LogP contribution in [-0.4, -0.2) is 35.4 Å². The van der Waals surface area contributed by atoms with Crippen LogP contribution in [0.3, 0.4) is 0 Å². The third-order valence-electron chi connectivity index (χ3n) is 2.75. The minimum absolute atomic E-state index is 0.156. The molecule has 0 aliphatic carbocycles. The summed E-state index contributed by atoms with van der Waals surface area (Å²) >= 11 is 3.39. The van der Waals surface area contributed by atoms with Crippen molar-refractivity contribution in [3.8, 4) is 0 Å². The second-order valence-electron chi connectivity index (χ2n) is 4.33. The molecule has 1 atom stereocenters. The minimum atomic E-state index is -0.575. The number of rotatable bonds is 9. The maximum absolute atomic E-state index is 12.0. The van der Waals surface area contributed by atoms with Crippen molar-refractivity contribution in [3.63, 3.8) is 0 Å². The number of carbonyl (C=O) groups is 1. The van der Waals surface area contributed by atoms with Crippen LogP contribution in [0.1, 0.15) is 33.6 Å². The molecule has 1 unspecified atom stereocenters. The molecule has 0 bridgehead atoms. The Balaban J connectivity index is 2.38. The number of thiazole rings is 1. The normalized spacial score (nSPS) is 14.1. The Hall–Kier alpha value is -0.590. The zero-order valence-electron chi connectivity index (χ0n) is 11.8. The molecule has 19 heavy (non-hydrogen) atoms. The number of carbonyl (C=O) groups excluding carboxylic acids is 1. The number of nitrogens with zero attached hydrogens (tertiary/aromatic N) is 1. The average Bonchev–Trinajstić information content (AvgIpc) is 2.88. The Morgan fingerprint density at radius 1 is 1.58 bits per heavy atom. The van der Waals surface area contributed by atoms with Crippen LogP contribution in [-0.2, 0) is 9.53 Å². The van der Waals surface area contributed by atoms with Gasteiger partial charge in [-0.3, -0.25) is 4.79 Å². The lowest BCUT2D eigenvalue weighted by Crippen LogP contribution is -2.50. The Labute approximate surface area is 123 Å². The second-order valence-corrected chi connectivity index (χ2v) is 6.57. The van der Waals surface area contributed by atoms with Crippen LogP contribution in [0.4, 0.5) is 0 Å². The quantitative estimate of drug-likeness (QED) is 0.432. The van der Waals surface area contributed by atoms with Gasteiger partial charge in [-0.05, 0) is 33.2 Å². The topological polar surface area (TPSA) is 51.2 Å². The molecule has 1 N–H and O–H groups in total. The van der Waals surface area contributed by atoms with Gasteiger partial charge in [0, 0.05) is 17.3 Å². The zero-order chi connectivity index (χ0) is 14.1. The van der Waals surface area contributed by atoms with Crippen molar-refractivity contribution in [3.05, 3.63) is 11.6 Å². The van der Waals surface area contributed by atoms with Crippen LogP contribution >= 0.6 is 23.1 Å². The van der Waals surface area contributed by atoms with Crippen LogP contribution in [0.2, 0.25) is 0 Å².